The van der Waals surface area contributed by atoms with E-state index in [1.54, 1.807) is 6.20 Å². The van der Waals surface area contributed by atoms with Crippen molar-refractivity contribution in [3.05, 3.63) is 59.8 Å². The van der Waals surface area contributed by atoms with Crippen LogP contribution >= 0.6 is 0 Å². The lowest BCUT2D eigenvalue weighted by Crippen LogP contribution is -2.44. The fourth-order valence-corrected chi connectivity index (χ4v) is 3.03. The van der Waals surface area contributed by atoms with Crippen LogP contribution in [0.1, 0.15) is 24.0 Å². The van der Waals surface area contributed by atoms with Crippen LogP contribution in [0.25, 0.3) is 6.08 Å². The van der Waals surface area contributed by atoms with Gasteiger partial charge in [0.2, 0.25) is 0 Å². The summed E-state index contributed by atoms with van der Waals surface area (Å²) in [5.74, 6) is -0.240. The third kappa shape index (κ3) is 5.57. The monoisotopic (exact) mass is 380 g/mol. The molecule has 0 unspecified atom stereocenters. The van der Waals surface area contributed by atoms with E-state index < -0.39 is 5.97 Å². The van der Waals surface area contributed by atoms with Crippen molar-refractivity contribution in [2.24, 2.45) is 0 Å². The highest BCUT2D eigenvalue weighted by Crippen LogP contribution is 2.17. The summed E-state index contributed by atoms with van der Waals surface area (Å²) in [6.45, 7) is 3.36. The minimum Gasteiger partial charge on any atom is -0.478 e. The smallest absolute Gasteiger partial charge is 0.328 e. The van der Waals surface area contributed by atoms with Crippen LogP contribution < -0.4 is 10.6 Å². The maximum atomic E-state index is 12.4. The molecule has 1 aromatic heterocycles. The molecule has 1 aliphatic rings. The van der Waals surface area contributed by atoms with Crippen molar-refractivity contribution in [1.29, 1.82) is 0 Å². The van der Waals surface area contributed by atoms with Crippen molar-refractivity contribution in [2.45, 2.75) is 25.8 Å². The van der Waals surface area contributed by atoms with Gasteiger partial charge in [0.05, 0.1) is 0 Å². The lowest BCUT2D eigenvalue weighted by molar-refractivity contribution is -0.131. The zero-order valence-electron chi connectivity index (χ0n) is 15.8. The van der Waals surface area contributed by atoms with E-state index in [1.165, 1.54) is 6.08 Å². The van der Waals surface area contributed by atoms with E-state index in [9.17, 15) is 9.59 Å². The quantitative estimate of drug-likeness (QED) is 0.689. The molecule has 2 amide bonds. The Morgan fingerprint density at radius 3 is 2.46 bits per heavy atom. The largest absolute Gasteiger partial charge is 0.478 e. The molecule has 7 heteroatoms. The molecular weight excluding hydrogens is 356 g/mol. The first-order valence-electron chi connectivity index (χ1n) is 9.26. The summed E-state index contributed by atoms with van der Waals surface area (Å²) in [5.41, 5.74) is 2.69. The maximum Gasteiger partial charge on any atom is 0.328 e. The maximum absolute atomic E-state index is 12.4. The molecule has 3 rings (SSSR count). The van der Waals surface area contributed by atoms with Gasteiger partial charge < -0.3 is 20.6 Å². The van der Waals surface area contributed by atoms with Crippen molar-refractivity contribution >= 4 is 29.6 Å². The van der Waals surface area contributed by atoms with Gasteiger partial charge in [0.1, 0.15) is 5.82 Å². The topological polar surface area (TPSA) is 94.6 Å². The number of aromatic nitrogens is 1. The highest BCUT2D eigenvalue weighted by atomic mass is 16.4. The summed E-state index contributed by atoms with van der Waals surface area (Å²) in [6, 6.07) is 11.6. The summed E-state index contributed by atoms with van der Waals surface area (Å²) in [6.07, 6.45) is 5.89. The fraction of sp³-hybridized carbons (Fsp3) is 0.286. The van der Waals surface area contributed by atoms with Gasteiger partial charge in [-0.15, -0.1) is 0 Å². The lowest BCUT2D eigenvalue weighted by Gasteiger charge is -2.32. The molecule has 0 saturated carbocycles. The molecule has 0 radical (unpaired) electrons. The molecule has 1 saturated heterocycles. The van der Waals surface area contributed by atoms with Crippen LogP contribution in [0.5, 0.6) is 0 Å². The molecule has 0 aliphatic carbocycles. The summed E-state index contributed by atoms with van der Waals surface area (Å²) < 4.78 is 0. The molecule has 2 heterocycles. The van der Waals surface area contributed by atoms with Gasteiger partial charge in [0.25, 0.3) is 0 Å². The number of carboxylic acid groups (broad SMARTS) is 1. The van der Waals surface area contributed by atoms with Crippen molar-refractivity contribution < 1.29 is 14.7 Å². The van der Waals surface area contributed by atoms with Crippen LogP contribution in [0.15, 0.2) is 48.7 Å². The second-order valence-electron chi connectivity index (χ2n) is 6.85. The zero-order valence-corrected chi connectivity index (χ0v) is 15.8. The minimum absolute atomic E-state index is 0.0741. The Morgan fingerprint density at radius 2 is 1.86 bits per heavy atom. The average molecular weight is 380 g/mol. The van der Waals surface area contributed by atoms with Crippen molar-refractivity contribution in [3.8, 4) is 0 Å². The number of nitrogens with one attached hydrogen (secondary N) is 2. The number of amides is 2. The predicted molar refractivity (Wildman–Crippen MR) is 109 cm³/mol. The molecule has 1 fully saturated rings. The molecular formula is C21H24N4O3. The van der Waals surface area contributed by atoms with Gasteiger partial charge in [-0.25, -0.2) is 14.6 Å². The van der Waals surface area contributed by atoms with Gasteiger partial charge >= 0.3 is 12.0 Å². The van der Waals surface area contributed by atoms with E-state index in [-0.39, 0.29) is 12.1 Å². The number of hydrogen-bond acceptors (Lipinski definition) is 4. The van der Waals surface area contributed by atoms with Gasteiger partial charge in [0.15, 0.2) is 0 Å². The van der Waals surface area contributed by atoms with Crippen LogP contribution in [0, 0.1) is 6.92 Å². The number of benzene rings is 1. The normalized spacial score (nSPS) is 14.8. The Balaban J connectivity index is 1.46. The Morgan fingerprint density at radius 1 is 1.14 bits per heavy atom. The van der Waals surface area contributed by atoms with Crippen LogP contribution in [-0.4, -0.2) is 46.1 Å². The van der Waals surface area contributed by atoms with Crippen LogP contribution in [-0.2, 0) is 4.79 Å². The highest BCUT2D eigenvalue weighted by Gasteiger charge is 2.23. The van der Waals surface area contributed by atoms with Crippen molar-refractivity contribution in [2.75, 3.05) is 23.7 Å². The third-order valence-electron chi connectivity index (χ3n) is 4.64. The van der Waals surface area contributed by atoms with Gasteiger partial charge in [-0.05, 0) is 55.7 Å². The molecule has 2 aromatic rings. The SMILES string of the molecule is Cc1ccc(NC(=O)N2CCC(Nc3ccc(C=CC(=O)O)cn3)CC2)cc1. The number of urea groups is 1. The number of likely N-dealkylation sites (tertiary alicyclic amines) is 1. The van der Waals surface area contributed by atoms with E-state index >= 15 is 0 Å². The van der Waals surface area contributed by atoms with E-state index in [0.29, 0.717) is 13.1 Å². The first kappa shape index (κ1) is 19.4. The van der Waals surface area contributed by atoms with E-state index in [2.05, 4.69) is 15.6 Å². The molecule has 7 nitrogen and oxygen atoms in total. The van der Waals surface area contributed by atoms with Crippen molar-refractivity contribution in [3.63, 3.8) is 0 Å². The highest BCUT2D eigenvalue weighted by molar-refractivity contribution is 5.89. The number of piperidine rings is 1. The molecule has 1 aliphatic heterocycles. The van der Waals surface area contributed by atoms with Gasteiger partial charge in [0, 0.05) is 37.1 Å². The number of rotatable bonds is 5. The molecule has 1 aromatic carbocycles. The summed E-state index contributed by atoms with van der Waals surface area (Å²) in [7, 11) is 0. The molecule has 146 valence electrons. The molecule has 0 spiro atoms. The van der Waals surface area contributed by atoms with Crippen LogP contribution in [0.3, 0.4) is 0 Å². The van der Waals surface area contributed by atoms with Gasteiger partial charge in [-0.3, -0.25) is 0 Å². The van der Waals surface area contributed by atoms with Crippen molar-refractivity contribution in [1.82, 2.24) is 9.88 Å². The second-order valence-corrected chi connectivity index (χ2v) is 6.85. The van der Waals surface area contributed by atoms with E-state index in [1.807, 2.05) is 48.2 Å². The summed E-state index contributed by atoms with van der Waals surface area (Å²) >= 11 is 0. The number of aliphatic carboxylic acids is 1. The minimum atomic E-state index is -0.986. The Labute approximate surface area is 164 Å². The number of hydrogen-bond donors (Lipinski definition) is 3. The molecule has 0 bridgehead atoms. The Kier molecular flexibility index (Phi) is 6.26. The molecule has 28 heavy (non-hydrogen) atoms. The number of carboxylic acids is 1. The number of carbonyl (C=O) groups is 2. The third-order valence-corrected chi connectivity index (χ3v) is 4.64. The van der Waals surface area contributed by atoms with Gasteiger partial charge in [-0.1, -0.05) is 17.7 Å². The van der Waals surface area contributed by atoms with Crippen LogP contribution in [0.2, 0.25) is 0 Å². The first-order valence-corrected chi connectivity index (χ1v) is 9.26. The summed E-state index contributed by atoms with van der Waals surface area (Å²) in [4.78, 5) is 29.1. The average Bonchev–Trinajstić information content (AvgIpc) is 2.69. The Hall–Kier alpha value is -3.35. The zero-order chi connectivity index (χ0) is 19.9. The number of nitrogens with zero attached hydrogens (tertiary/aromatic N) is 2. The number of pyridine rings is 1. The standard InChI is InChI=1S/C21H24N4O3/c1-15-2-6-17(7-3-15)24-21(28)25-12-10-18(11-13-25)23-19-8-4-16(14-22-19)5-9-20(26)27/h2-9,14,18H,10-13H2,1H3,(H,22,23)(H,24,28)(H,26,27). The predicted octanol–water partition coefficient (Wildman–Crippen LogP) is 3.60. The number of aryl methyl sites for hydroxylation is 1. The molecule has 0 atom stereocenters. The lowest BCUT2D eigenvalue weighted by atomic mass is 10.1. The van der Waals surface area contributed by atoms with E-state index in [4.69, 9.17) is 5.11 Å². The summed E-state index contributed by atoms with van der Waals surface area (Å²) in [5, 5.41) is 15.0. The Bertz CT molecular complexity index is 839. The van der Waals surface area contributed by atoms with E-state index in [0.717, 1.165) is 41.5 Å². The van der Waals surface area contributed by atoms with Gasteiger partial charge in [-0.2, -0.15) is 0 Å². The van der Waals surface area contributed by atoms with Crippen LogP contribution in [0.4, 0.5) is 16.3 Å². The fourth-order valence-electron chi connectivity index (χ4n) is 3.03. The number of carbonyl (C=O) groups excluding carboxylic acids is 1. The number of anilines is 2. The molecule has 3 N–H and O–H groups in total. The first-order chi connectivity index (χ1) is 13.5. The second kappa shape index (κ2) is 9.03.